The minimum Gasteiger partial charge on any atom is -0.283 e. The first-order valence-corrected chi connectivity index (χ1v) is 7.74. The molecule has 1 atom stereocenters. The van der Waals surface area contributed by atoms with E-state index in [9.17, 15) is 0 Å². The zero-order valence-electron chi connectivity index (χ0n) is 6.41. The molecule has 62 valence electrons. The molecule has 0 radical (unpaired) electrons. The van der Waals surface area contributed by atoms with Gasteiger partial charge in [-0.2, -0.15) is 0 Å². The molecule has 4 N–H and O–H groups in total. The van der Waals surface area contributed by atoms with Gasteiger partial charge in [-0.3, -0.25) is 11.0 Å². The summed E-state index contributed by atoms with van der Waals surface area (Å²) >= 11 is 6.47. The Bertz CT molecular complexity index is 134. The molecule has 5 heteroatoms. The van der Waals surface area contributed by atoms with Gasteiger partial charge in [0.15, 0.2) is 0 Å². The van der Waals surface area contributed by atoms with E-state index in [0.29, 0.717) is 5.25 Å². The van der Waals surface area contributed by atoms with E-state index in [2.05, 4.69) is 13.8 Å². The van der Waals surface area contributed by atoms with Crippen molar-refractivity contribution in [3.05, 3.63) is 0 Å². The van der Waals surface area contributed by atoms with E-state index in [-0.39, 0.29) is 0 Å². The molecule has 0 aliphatic carbocycles. The summed E-state index contributed by atoms with van der Waals surface area (Å²) in [5.41, 5.74) is 9.07. The Balaban J connectivity index is 3.58. The van der Waals surface area contributed by atoms with Crippen molar-refractivity contribution in [2.75, 3.05) is 0 Å². The molecule has 0 amide bonds. The Labute approximate surface area is 72.0 Å². The molecule has 0 heterocycles. The minimum absolute atomic E-state index is 0.519. The topological polar surface area (TPSA) is 52.0 Å². The summed E-state index contributed by atoms with van der Waals surface area (Å²) in [5.74, 6) is 0. The van der Waals surface area contributed by atoms with Crippen LogP contribution in [0.25, 0.3) is 0 Å². The predicted octanol–water partition coefficient (Wildman–Crippen LogP) is 2.05. The molecule has 0 spiro atoms. The summed E-state index contributed by atoms with van der Waals surface area (Å²) in [4.78, 5) is 0. The van der Waals surface area contributed by atoms with Crippen LogP contribution >= 0.6 is 16.9 Å². The molecule has 0 rings (SSSR count). The highest BCUT2D eigenvalue weighted by atomic mass is 32.9. The fraction of sp³-hybridized carbons (Fsp3) is 1.00. The smallest absolute Gasteiger partial charge is 0.122 e. The number of rotatable bonds is 4. The lowest BCUT2D eigenvalue weighted by atomic mass is 10.3. The van der Waals surface area contributed by atoms with E-state index in [0.717, 1.165) is 6.42 Å². The van der Waals surface area contributed by atoms with Gasteiger partial charge in [-0.15, -0.1) is 0 Å². The Hall–Kier alpha value is 0.920. The predicted molar refractivity (Wildman–Crippen MR) is 54.6 cm³/mol. The maximum atomic E-state index is 5.53. The Kier molecular flexibility index (Phi) is 5.16. The summed E-state index contributed by atoms with van der Waals surface area (Å²) in [6.45, 7) is 4.27. The van der Waals surface area contributed by atoms with Crippen LogP contribution in [0, 0.1) is 0 Å². The van der Waals surface area contributed by atoms with Gasteiger partial charge in [0, 0.05) is 5.25 Å². The Morgan fingerprint density at radius 1 is 1.60 bits per heavy atom. The van der Waals surface area contributed by atoms with Crippen molar-refractivity contribution in [2.45, 2.75) is 31.9 Å². The average Bonchev–Trinajstić information content (AvgIpc) is 1.59. The lowest BCUT2D eigenvalue weighted by Gasteiger charge is -2.14. The minimum atomic E-state index is -2.00. The van der Waals surface area contributed by atoms with Gasteiger partial charge in [0.05, 0.1) is 0 Å². The molecule has 2 nitrogen and oxygen atoms in total. The van der Waals surface area contributed by atoms with Crippen LogP contribution < -0.4 is 11.0 Å². The van der Waals surface area contributed by atoms with E-state index in [4.69, 9.17) is 22.8 Å². The highest BCUT2D eigenvalue weighted by Crippen LogP contribution is 2.46. The van der Waals surface area contributed by atoms with E-state index < -0.39 is 5.54 Å². The van der Waals surface area contributed by atoms with Gasteiger partial charge in [0.1, 0.15) is 5.54 Å². The molecule has 0 aromatic heterocycles. The average molecular weight is 198 g/mol. The van der Waals surface area contributed by atoms with Crippen LogP contribution in [0.2, 0.25) is 0 Å². The molecule has 0 saturated carbocycles. The number of hydrogen-bond donors (Lipinski definition) is 2. The molecule has 0 aliphatic rings. The Morgan fingerprint density at radius 2 is 2.10 bits per heavy atom. The van der Waals surface area contributed by atoms with Gasteiger partial charge in [-0.1, -0.05) is 43.5 Å². The molecule has 1 unspecified atom stereocenters. The fourth-order valence-electron chi connectivity index (χ4n) is 0.740. The summed E-state index contributed by atoms with van der Waals surface area (Å²) in [7, 11) is 0. The maximum absolute atomic E-state index is 5.53. The highest BCUT2D eigenvalue weighted by Gasteiger charge is 2.09. The second kappa shape index (κ2) is 4.73. The van der Waals surface area contributed by atoms with E-state index in [1.807, 2.05) is 0 Å². The molecular weight excluding hydrogens is 183 g/mol. The van der Waals surface area contributed by atoms with Gasteiger partial charge in [0.2, 0.25) is 0 Å². The monoisotopic (exact) mass is 198 g/mol. The standard InChI is InChI=1S/C5H15N2PS2/c1-3-4-5(2)10-8(6,7)9/h5H,3-4H2,1-2H3,(H4,6,7,9). The third kappa shape index (κ3) is 7.03. The second-order valence-electron chi connectivity index (χ2n) is 2.35. The lowest BCUT2D eigenvalue weighted by Crippen LogP contribution is -2.05. The van der Waals surface area contributed by atoms with Crippen LogP contribution in [0.3, 0.4) is 0 Å². The van der Waals surface area contributed by atoms with Crippen LogP contribution in [-0.2, 0) is 11.8 Å². The summed E-state index contributed by atoms with van der Waals surface area (Å²) in [6.07, 6.45) is 2.32. The summed E-state index contributed by atoms with van der Waals surface area (Å²) in [6, 6.07) is 0. The van der Waals surface area contributed by atoms with Crippen molar-refractivity contribution in [1.29, 1.82) is 0 Å². The third-order valence-corrected chi connectivity index (χ3v) is 4.81. The molecule has 0 aromatic rings. The third-order valence-electron chi connectivity index (χ3n) is 1.04. The molecular formula is C5H15N2PS2. The maximum Gasteiger partial charge on any atom is 0.122 e. The van der Waals surface area contributed by atoms with Crippen LogP contribution in [0.4, 0.5) is 0 Å². The van der Waals surface area contributed by atoms with Gasteiger partial charge in [0.25, 0.3) is 0 Å². The van der Waals surface area contributed by atoms with Crippen molar-refractivity contribution in [3.8, 4) is 0 Å². The van der Waals surface area contributed by atoms with Crippen molar-refractivity contribution in [3.63, 3.8) is 0 Å². The zero-order valence-corrected chi connectivity index (χ0v) is 8.94. The van der Waals surface area contributed by atoms with Gasteiger partial charge in [-0.25, -0.2) is 0 Å². The van der Waals surface area contributed by atoms with Crippen molar-refractivity contribution in [1.82, 2.24) is 0 Å². The van der Waals surface area contributed by atoms with Crippen molar-refractivity contribution >= 4 is 28.7 Å². The molecule has 0 aromatic carbocycles. The highest BCUT2D eigenvalue weighted by molar-refractivity contribution is 8.69. The van der Waals surface area contributed by atoms with Crippen LogP contribution in [0.15, 0.2) is 0 Å². The first-order chi connectivity index (χ1) is 4.45. The summed E-state index contributed by atoms with van der Waals surface area (Å²) < 4.78 is 0. The van der Waals surface area contributed by atoms with Crippen molar-refractivity contribution in [2.24, 2.45) is 11.0 Å². The van der Waals surface area contributed by atoms with Crippen LogP contribution in [-0.4, -0.2) is 5.25 Å². The molecule has 0 aliphatic heterocycles. The molecule has 0 fully saturated rings. The lowest BCUT2D eigenvalue weighted by molar-refractivity contribution is 0.790. The Morgan fingerprint density at radius 3 is 2.40 bits per heavy atom. The van der Waals surface area contributed by atoms with Gasteiger partial charge < -0.3 is 0 Å². The van der Waals surface area contributed by atoms with Gasteiger partial charge in [-0.05, 0) is 6.42 Å². The molecule has 0 saturated heterocycles. The van der Waals surface area contributed by atoms with E-state index >= 15 is 0 Å². The second-order valence-corrected chi connectivity index (χ2v) is 9.61. The first-order valence-electron chi connectivity index (χ1n) is 3.31. The van der Waals surface area contributed by atoms with E-state index in [1.54, 1.807) is 11.4 Å². The molecule has 10 heavy (non-hydrogen) atoms. The van der Waals surface area contributed by atoms with Crippen LogP contribution in [0.5, 0.6) is 0 Å². The largest absolute Gasteiger partial charge is 0.283 e. The summed E-state index contributed by atoms with van der Waals surface area (Å²) in [5, 5.41) is 0.519. The van der Waals surface area contributed by atoms with Gasteiger partial charge >= 0.3 is 0 Å². The number of nitrogens with two attached hydrogens (primary N) is 2. The number of hydrogen-bond acceptors (Lipinski definition) is 2. The SMILES string of the molecule is CCCC(C)SP(N)(N)=S. The normalized spacial score (nSPS) is 15.2. The zero-order chi connectivity index (χ0) is 8.20. The molecule has 0 bridgehead atoms. The van der Waals surface area contributed by atoms with Crippen molar-refractivity contribution < 1.29 is 0 Å². The van der Waals surface area contributed by atoms with E-state index in [1.165, 1.54) is 6.42 Å². The fourth-order valence-corrected chi connectivity index (χ4v) is 4.97. The van der Waals surface area contributed by atoms with Crippen LogP contribution in [0.1, 0.15) is 26.7 Å². The quantitative estimate of drug-likeness (QED) is 0.679. The first kappa shape index (κ1) is 10.9.